The van der Waals surface area contributed by atoms with Crippen molar-refractivity contribution in [2.75, 3.05) is 19.6 Å². The molecule has 2 aromatic rings. The van der Waals surface area contributed by atoms with Crippen LogP contribution < -0.4 is 10.4 Å². The molecule has 150 valence electrons. The first-order valence-electron chi connectivity index (χ1n) is 9.74. The van der Waals surface area contributed by atoms with Crippen LogP contribution in [0.15, 0.2) is 27.9 Å². The molecule has 1 aromatic heterocycles. The van der Waals surface area contributed by atoms with Gasteiger partial charge in [0.2, 0.25) is 10.0 Å². The minimum atomic E-state index is -3.62. The second kappa shape index (κ2) is 8.16. The van der Waals surface area contributed by atoms with Crippen LogP contribution in [0.3, 0.4) is 0 Å². The highest BCUT2D eigenvalue weighted by Crippen LogP contribution is 2.20. The summed E-state index contributed by atoms with van der Waals surface area (Å²) in [5.74, 6) is 0. The Labute approximate surface area is 161 Å². The van der Waals surface area contributed by atoms with Gasteiger partial charge in [-0.3, -0.25) is 14.0 Å². The average Bonchev–Trinajstić information content (AvgIpc) is 2.89. The Morgan fingerprint density at radius 3 is 2.63 bits per heavy atom. The molecule has 7 nitrogen and oxygen atoms in total. The van der Waals surface area contributed by atoms with Gasteiger partial charge >= 0.3 is 5.69 Å². The summed E-state index contributed by atoms with van der Waals surface area (Å²) >= 11 is 0. The molecular formula is C19H30N4O3S. The number of nitrogens with zero attached hydrogens (tertiary/aromatic N) is 3. The summed E-state index contributed by atoms with van der Waals surface area (Å²) in [6, 6.07) is 5.10. The number of aromatic nitrogens is 2. The number of fused-ring (bicyclic) bond motifs is 1. The Kier molecular flexibility index (Phi) is 6.08. The van der Waals surface area contributed by atoms with Gasteiger partial charge < -0.3 is 0 Å². The van der Waals surface area contributed by atoms with E-state index in [9.17, 15) is 13.2 Å². The number of benzene rings is 1. The standard InChI is InChI=1S/C19H30N4O3S/c1-4-5-11-23-12-7-6-8-15(23)14-20-27(25,26)16-9-10-17-18(13-16)22(3)19(24)21(17)2/h9-10,13,15,20H,4-8,11-12,14H2,1-3H3. The third-order valence-electron chi connectivity index (χ3n) is 5.61. The van der Waals surface area contributed by atoms with Crippen LogP contribution in [0.2, 0.25) is 0 Å². The fourth-order valence-corrected chi connectivity index (χ4v) is 4.98. The summed E-state index contributed by atoms with van der Waals surface area (Å²) in [5, 5.41) is 0. The second-order valence-electron chi connectivity index (χ2n) is 7.44. The average molecular weight is 395 g/mol. The van der Waals surface area contributed by atoms with Crippen molar-refractivity contribution in [3.63, 3.8) is 0 Å². The highest BCUT2D eigenvalue weighted by molar-refractivity contribution is 7.89. The molecule has 1 unspecified atom stereocenters. The fourth-order valence-electron chi connectivity index (χ4n) is 3.89. The highest BCUT2D eigenvalue weighted by Gasteiger charge is 2.24. The lowest BCUT2D eigenvalue weighted by atomic mass is 10.0. The number of aryl methyl sites for hydroxylation is 2. The summed E-state index contributed by atoms with van der Waals surface area (Å²) in [4.78, 5) is 14.7. The van der Waals surface area contributed by atoms with E-state index in [0.29, 0.717) is 12.1 Å². The van der Waals surface area contributed by atoms with Crippen LogP contribution in [-0.2, 0) is 24.1 Å². The van der Waals surface area contributed by atoms with E-state index in [1.165, 1.54) is 15.6 Å². The van der Waals surface area contributed by atoms with E-state index in [4.69, 9.17) is 0 Å². The van der Waals surface area contributed by atoms with Crippen molar-refractivity contribution in [3.05, 3.63) is 28.7 Å². The number of imidazole rings is 1. The van der Waals surface area contributed by atoms with Gasteiger partial charge in [-0.15, -0.1) is 0 Å². The van der Waals surface area contributed by atoms with E-state index in [2.05, 4.69) is 16.5 Å². The zero-order chi connectivity index (χ0) is 19.6. The van der Waals surface area contributed by atoms with E-state index in [1.54, 1.807) is 32.3 Å². The lowest BCUT2D eigenvalue weighted by Gasteiger charge is -2.35. The third-order valence-corrected chi connectivity index (χ3v) is 7.03. The van der Waals surface area contributed by atoms with Crippen molar-refractivity contribution in [2.24, 2.45) is 14.1 Å². The smallest absolute Gasteiger partial charge is 0.299 e. The predicted molar refractivity (Wildman–Crippen MR) is 107 cm³/mol. The maximum Gasteiger partial charge on any atom is 0.328 e. The molecule has 1 aliphatic heterocycles. The molecule has 0 amide bonds. The molecule has 1 saturated heterocycles. The molecule has 0 bridgehead atoms. The lowest BCUT2D eigenvalue weighted by Crippen LogP contribution is -2.46. The van der Waals surface area contributed by atoms with Crippen LogP contribution in [0, 0.1) is 0 Å². The number of sulfonamides is 1. The van der Waals surface area contributed by atoms with Gasteiger partial charge in [-0.2, -0.15) is 0 Å². The van der Waals surface area contributed by atoms with Gasteiger partial charge in [-0.25, -0.2) is 17.9 Å². The van der Waals surface area contributed by atoms with Crippen LogP contribution in [0.4, 0.5) is 0 Å². The molecule has 27 heavy (non-hydrogen) atoms. The van der Waals surface area contributed by atoms with Gasteiger partial charge in [0.25, 0.3) is 0 Å². The number of rotatable bonds is 7. The number of hydrogen-bond acceptors (Lipinski definition) is 4. The minimum Gasteiger partial charge on any atom is -0.299 e. The van der Waals surface area contributed by atoms with Crippen LogP contribution in [0.1, 0.15) is 39.0 Å². The molecule has 0 saturated carbocycles. The van der Waals surface area contributed by atoms with Crippen molar-refractivity contribution >= 4 is 21.1 Å². The Bertz CT molecular complexity index is 961. The quantitative estimate of drug-likeness (QED) is 0.777. The molecular weight excluding hydrogens is 364 g/mol. The summed E-state index contributed by atoms with van der Waals surface area (Å²) < 4.78 is 31.4. The Morgan fingerprint density at radius 2 is 1.89 bits per heavy atom. The van der Waals surface area contributed by atoms with Gasteiger partial charge in [-0.1, -0.05) is 19.8 Å². The molecule has 2 heterocycles. The predicted octanol–water partition coefficient (Wildman–Crippen LogP) is 1.81. The monoisotopic (exact) mass is 394 g/mol. The topological polar surface area (TPSA) is 76.3 Å². The second-order valence-corrected chi connectivity index (χ2v) is 9.21. The molecule has 1 aliphatic rings. The number of likely N-dealkylation sites (tertiary alicyclic amines) is 1. The first kappa shape index (κ1) is 20.1. The molecule has 0 radical (unpaired) electrons. The molecule has 1 atom stereocenters. The van der Waals surface area contributed by atoms with Gasteiger partial charge in [0, 0.05) is 26.7 Å². The first-order chi connectivity index (χ1) is 12.8. The molecule has 0 aliphatic carbocycles. The van der Waals surface area contributed by atoms with Crippen LogP contribution in [0.5, 0.6) is 0 Å². The Hall–Kier alpha value is -1.64. The van der Waals surface area contributed by atoms with Gasteiger partial charge in [0.05, 0.1) is 15.9 Å². The molecule has 3 rings (SSSR count). The zero-order valence-electron chi connectivity index (χ0n) is 16.4. The van der Waals surface area contributed by atoms with E-state index >= 15 is 0 Å². The van der Waals surface area contributed by atoms with E-state index in [-0.39, 0.29) is 16.6 Å². The maximum absolute atomic E-state index is 12.8. The maximum atomic E-state index is 12.8. The summed E-state index contributed by atoms with van der Waals surface area (Å²) in [5.41, 5.74) is 1.17. The largest absolute Gasteiger partial charge is 0.328 e. The molecule has 1 fully saturated rings. The van der Waals surface area contributed by atoms with Crippen molar-refractivity contribution in [1.29, 1.82) is 0 Å². The first-order valence-corrected chi connectivity index (χ1v) is 11.2. The van der Waals surface area contributed by atoms with E-state index in [0.717, 1.165) is 44.3 Å². The number of unbranched alkanes of at least 4 members (excludes halogenated alkanes) is 1. The van der Waals surface area contributed by atoms with Crippen LogP contribution >= 0.6 is 0 Å². The SMILES string of the molecule is CCCCN1CCCCC1CNS(=O)(=O)c1ccc2c(c1)n(C)c(=O)n2C. The number of nitrogens with one attached hydrogen (secondary N) is 1. The minimum absolute atomic E-state index is 0.165. The normalized spacial score (nSPS) is 19.0. The van der Waals surface area contributed by atoms with Crippen molar-refractivity contribution in [3.8, 4) is 0 Å². The van der Waals surface area contributed by atoms with E-state index in [1.807, 2.05) is 0 Å². The summed E-state index contributed by atoms with van der Waals surface area (Å²) in [6.45, 7) is 4.68. The Morgan fingerprint density at radius 1 is 1.15 bits per heavy atom. The highest BCUT2D eigenvalue weighted by atomic mass is 32.2. The fraction of sp³-hybridized carbons (Fsp3) is 0.632. The van der Waals surface area contributed by atoms with Crippen LogP contribution in [-0.4, -0.2) is 48.1 Å². The third kappa shape index (κ3) is 4.12. The van der Waals surface area contributed by atoms with Gasteiger partial charge in [-0.05, 0) is 50.6 Å². The molecule has 0 spiro atoms. The van der Waals surface area contributed by atoms with Gasteiger partial charge in [0.15, 0.2) is 0 Å². The summed E-state index contributed by atoms with van der Waals surface area (Å²) in [7, 11) is -0.276. The van der Waals surface area contributed by atoms with Crippen molar-refractivity contribution in [1.82, 2.24) is 18.8 Å². The molecule has 1 aromatic carbocycles. The number of piperidine rings is 1. The Balaban J connectivity index is 1.77. The van der Waals surface area contributed by atoms with Crippen molar-refractivity contribution < 1.29 is 8.42 Å². The zero-order valence-corrected chi connectivity index (χ0v) is 17.3. The van der Waals surface area contributed by atoms with Crippen molar-refractivity contribution in [2.45, 2.75) is 50.0 Å². The molecule has 8 heteroatoms. The van der Waals surface area contributed by atoms with E-state index < -0.39 is 10.0 Å². The van der Waals surface area contributed by atoms with Crippen LogP contribution in [0.25, 0.3) is 11.0 Å². The summed E-state index contributed by atoms with van der Waals surface area (Å²) in [6.07, 6.45) is 5.64. The number of hydrogen-bond donors (Lipinski definition) is 1. The van der Waals surface area contributed by atoms with Gasteiger partial charge in [0.1, 0.15) is 0 Å². The lowest BCUT2D eigenvalue weighted by molar-refractivity contribution is 0.148. The molecule has 1 N–H and O–H groups in total.